The number of carboxylic acid groups (broad SMARTS) is 1. The predicted molar refractivity (Wildman–Crippen MR) is 91.4 cm³/mol. The normalized spacial score (nSPS) is 14.8. The molecule has 0 spiro atoms. The third kappa shape index (κ3) is 5.48. The summed E-state index contributed by atoms with van der Waals surface area (Å²) in [6, 6.07) is 7.23. The quantitative estimate of drug-likeness (QED) is 0.766. The molecule has 7 heteroatoms. The van der Waals surface area contributed by atoms with Crippen LogP contribution in [0.4, 0.5) is 4.79 Å². The molecule has 2 N–H and O–H groups in total. The zero-order valence-electron chi connectivity index (χ0n) is 14.4. The van der Waals surface area contributed by atoms with Crippen LogP contribution < -0.4 is 5.32 Å². The molecule has 1 aromatic rings. The third-order valence-corrected chi connectivity index (χ3v) is 4.45. The van der Waals surface area contributed by atoms with Crippen molar-refractivity contribution >= 4 is 18.0 Å². The van der Waals surface area contributed by atoms with Crippen LogP contribution in [0.3, 0.4) is 0 Å². The van der Waals surface area contributed by atoms with Gasteiger partial charge in [0.05, 0.1) is 19.1 Å². The van der Waals surface area contributed by atoms with Crippen molar-refractivity contribution in [1.29, 1.82) is 0 Å². The minimum atomic E-state index is -0.928. The molecule has 0 aromatic heterocycles. The SMILES string of the molecule is COC(=O)c1ccccc1CC1CCN(C(=O)NCCC(=O)O)CC1. The van der Waals surface area contributed by atoms with Gasteiger partial charge in [-0.1, -0.05) is 18.2 Å². The van der Waals surface area contributed by atoms with Crippen molar-refractivity contribution in [2.45, 2.75) is 25.7 Å². The molecule has 136 valence electrons. The number of likely N-dealkylation sites (tertiary alicyclic amines) is 1. The summed E-state index contributed by atoms with van der Waals surface area (Å²) in [5, 5.41) is 11.2. The molecule has 1 aromatic carbocycles. The fraction of sp³-hybridized carbons (Fsp3) is 0.500. The molecular weight excluding hydrogens is 324 g/mol. The van der Waals surface area contributed by atoms with E-state index in [1.54, 1.807) is 11.0 Å². The molecule has 2 rings (SSSR count). The average molecular weight is 348 g/mol. The second kappa shape index (κ2) is 9.05. The molecule has 1 saturated heterocycles. The van der Waals surface area contributed by atoms with Gasteiger partial charge < -0.3 is 20.1 Å². The van der Waals surface area contributed by atoms with Crippen LogP contribution in [0.15, 0.2) is 24.3 Å². The molecule has 1 heterocycles. The Morgan fingerprint density at radius 3 is 2.56 bits per heavy atom. The molecule has 1 aliphatic rings. The van der Waals surface area contributed by atoms with Crippen LogP contribution >= 0.6 is 0 Å². The smallest absolute Gasteiger partial charge is 0.338 e. The number of aliphatic carboxylic acids is 1. The van der Waals surface area contributed by atoms with Crippen molar-refractivity contribution in [3.05, 3.63) is 35.4 Å². The summed E-state index contributed by atoms with van der Waals surface area (Å²) in [5.74, 6) is -0.858. The molecule has 0 atom stereocenters. The van der Waals surface area contributed by atoms with Crippen LogP contribution in [0.5, 0.6) is 0 Å². The highest BCUT2D eigenvalue weighted by Crippen LogP contribution is 2.23. The van der Waals surface area contributed by atoms with Crippen LogP contribution in [-0.2, 0) is 16.0 Å². The minimum absolute atomic E-state index is 0.0769. The number of carbonyl (C=O) groups is 3. The van der Waals surface area contributed by atoms with Crippen LogP contribution in [-0.4, -0.2) is 54.7 Å². The summed E-state index contributed by atoms with van der Waals surface area (Å²) >= 11 is 0. The number of rotatable bonds is 6. The van der Waals surface area contributed by atoms with Gasteiger partial charge in [-0.2, -0.15) is 0 Å². The fourth-order valence-corrected chi connectivity index (χ4v) is 3.05. The zero-order chi connectivity index (χ0) is 18.2. The minimum Gasteiger partial charge on any atom is -0.481 e. The van der Waals surface area contributed by atoms with Crippen LogP contribution in [0.1, 0.15) is 35.2 Å². The number of nitrogens with one attached hydrogen (secondary N) is 1. The van der Waals surface area contributed by atoms with Gasteiger partial charge in [0.25, 0.3) is 0 Å². The Bertz CT molecular complexity index is 624. The topological polar surface area (TPSA) is 95.9 Å². The first-order chi connectivity index (χ1) is 12.0. The van der Waals surface area contributed by atoms with Crippen LogP contribution in [0.25, 0.3) is 0 Å². The second-order valence-corrected chi connectivity index (χ2v) is 6.16. The number of benzene rings is 1. The number of nitrogens with zero attached hydrogens (tertiary/aromatic N) is 1. The first-order valence-electron chi connectivity index (χ1n) is 8.42. The number of carbonyl (C=O) groups excluding carboxylic acids is 2. The molecule has 1 aliphatic heterocycles. The molecule has 25 heavy (non-hydrogen) atoms. The number of ether oxygens (including phenoxy) is 1. The number of hydrogen-bond acceptors (Lipinski definition) is 4. The summed E-state index contributed by atoms with van der Waals surface area (Å²) in [7, 11) is 1.38. The lowest BCUT2D eigenvalue weighted by molar-refractivity contribution is -0.136. The van der Waals surface area contributed by atoms with Crippen LogP contribution in [0, 0.1) is 5.92 Å². The monoisotopic (exact) mass is 348 g/mol. The van der Waals surface area contributed by atoms with E-state index in [4.69, 9.17) is 9.84 Å². The Balaban J connectivity index is 1.84. The lowest BCUT2D eigenvalue weighted by Crippen LogP contribution is -2.45. The fourth-order valence-electron chi connectivity index (χ4n) is 3.05. The summed E-state index contributed by atoms with van der Waals surface area (Å²) in [5.41, 5.74) is 1.57. The largest absolute Gasteiger partial charge is 0.481 e. The number of hydrogen-bond donors (Lipinski definition) is 2. The first-order valence-corrected chi connectivity index (χ1v) is 8.42. The molecule has 0 unspecified atom stereocenters. The molecule has 2 amide bonds. The van der Waals surface area contributed by atoms with E-state index in [0.29, 0.717) is 24.6 Å². The van der Waals surface area contributed by atoms with E-state index in [1.807, 2.05) is 18.2 Å². The molecular formula is C18H24N2O5. The van der Waals surface area contributed by atoms with Crippen molar-refractivity contribution < 1.29 is 24.2 Å². The Morgan fingerprint density at radius 1 is 1.24 bits per heavy atom. The number of carboxylic acids is 1. The zero-order valence-corrected chi connectivity index (χ0v) is 14.4. The second-order valence-electron chi connectivity index (χ2n) is 6.16. The summed E-state index contributed by atoms with van der Waals surface area (Å²) in [4.78, 5) is 36.0. The lowest BCUT2D eigenvalue weighted by atomic mass is 9.88. The van der Waals surface area contributed by atoms with Gasteiger partial charge in [-0.05, 0) is 36.8 Å². The summed E-state index contributed by atoms with van der Waals surface area (Å²) in [6.45, 7) is 1.40. The molecule has 0 aliphatic carbocycles. The third-order valence-electron chi connectivity index (χ3n) is 4.45. The van der Waals surface area contributed by atoms with E-state index >= 15 is 0 Å². The standard InChI is InChI=1S/C18H24N2O5/c1-25-17(23)15-5-3-2-4-14(15)12-13-7-10-20(11-8-13)18(24)19-9-6-16(21)22/h2-5,13H,6-12H2,1H3,(H,19,24)(H,21,22). The van der Waals surface area contributed by atoms with Gasteiger partial charge in [-0.3, -0.25) is 4.79 Å². The van der Waals surface area contributed by atoms with E-state index in [-0.39, 0.29) is 25.0 Å². The molecule has 0 saturated carbocycles. The maximum Gasteiger partial charge on any atom is 0.338 e. The van der Waals surface area contributed by atoms with E-state index < -0.39 is 5.97 Å². The van der Waals surface area contributed by atoms with Crippen molar-refractivity contribution in [1.82, 2.24) is 10.2 Å². The van der Waals surface area contributed by atoms with Gasteiger partial charge in [-0.15, -0.1) is 0 Å². The van der Waals surface area contributed by atoms with Gasteiger partial charge >= 0.3 is 18.0 Å². The lowest BCUT2D eigenvalue weighted by Gasteiger charge is -2.32. The number of methoxy groups -OCH3 is 1. The van der Waals surface area contributed by atoms with Crippen molar-refractivity contribution in [2.24, 2.45) is 5.92 Å². The number of amides is 2. The Labute approximate surface area is 147 Å². The summed E-state index contributed by atoms with van der Waals surface area (Å²) < 4.78 is 4.83. The first kappa shape index (κ1) is 18.8. The molecule has 1 fully saturated rings. The van der Waals surface area contributed by atoms with E-state index in [2.05, 4.69) is 5.32 Å². The Kier molecular flexibility index (Phi) is 6.80. The van der Waals surface area contributed by atoms with Crippen molar-refractivity contribution in [2.75, 3.05) is 26.7 Å². The van der Waals surface area contributed by atoms with E-state index in [1.165, 1.54) is 7.11 Å². The van der Waals surface area contributed by atoms with Gasteiger partial charge in [0.2, 0.25) is 0 Å². The number of urea groups is 1. The number of esters is 1. The highest BCUT2D eigenvalue weighted by Gasteiger charge is 2.24. The van der Waals surface area contributed by atoms with Crippen molar-refractivity contribution in [3.63, 3.8) is 0 Å². The Morgan fingerprint density at radius 2 is 1.92 bits per heavy atom. The molecule has 0 bridgehead atoms. The van der Waals surface area contributed by atoms with Gasteiger partial charge in [0.1, 0.15) is 0 Å². The van der Waals surface area contributed by atoms with Crippen molar-refractivity contribution in [3.8, 4) is 0 Å². The molecule has 7 nitrogen and oxygen atoms in total. The van der Waals surface area contributed by atoms with E-state index in [0.717, 1.165) is 24.8 Å². The Hall–Kier alpha value is -2.57. The average Bonchev–Trinajstić information content (AvgIpc) is 2.61. The summed E-state index contributed by atoms with van der Waals surface area (Å²) in [6.07, 6.45) is 2.40. The van der Waals surface area contributed by atoms with E-state index in [9.17, 15) is 14.4 Å². The van der Waals surface area contributed by atoms with Gasteiger partial charge in [-0.25, -0.2) is 9.59 Å². The van der Waals surface area contributed by atoms with Gasteiger partial charge in [0, 0.05) is 19.6 Å². The molecule has 0 radical (unpaired) electrons. The van der Waals surface area contributed by atoms with Crippen LogP contribution in [0.2, 0.25) is 0 Å². The predicted octanol–water partition coefficient (Wildman–Crippen LogP) is 1.91. The number of piperidine rings is 1. The highest BCUT2D eigenvalue weighted by atomic mass is 16.5. The highest BCUT2D eigenvalue weighted by molar-refractivity contribution is 5.91. The maximum atomic E-state index is 12.0. The van der Waals surface area contributed by atoms with Gasteiger partial charge in [0.15, 0.2) is 0 Å². The maximum absolute atomic E-state index is 12.0.